The average Bonchev–Trinajstić information content (AvgIpc) is 2.54. The van der Waals surface area contributed by atoms with Gasteiger partial charge in [0.05, 0.1) is 6.61 Å². The standard InChI is InChI=1S/C6H11NO2.C3H5ClO2/c7-6(5(8)9)3-1-2-4-6;1-2-6-3(4)5/h1-4,7H2,(H,8,9);2H2,1H3. The minimum Gasteiger partial charge on any atom is -0.480 e. The van der Waals surface area contributed by atoms with Crippen molar-refractivity contribution in [2.45, 2.75) is 38.1 Å². The van der Waals surface area contributed by atoms with Crippen molar-refractivity contribution in [3.05, 3.63) is 0 Å². The van der Waals surface area contributed by atoms with Crippen LogP contribution in [0.3, 0.4) is 0 Å². The fourth-order valence-electron chi connectivity index (χ4n) is 1.33. The zero-order valence-corrected chi connectivity index (χ0v) is 9.42. The fourth-order valence-corrected chi connectivity index (χ4v) is 1.44. The summed E-state index contributed by atoms with van der Waals surface area (Å²) in [5.41, 5.74) is 3.88. The minimum absolute atomic E-state index is 0.350. The topological polar surface area (TPSA) is 89.6 Å². The van der Waals surface area contributed by atoms with Crippen LogP contribution in [0.4, 0.5) is 4.79 Å². The highest BCUT2D eigenvalue weighted by Gasteiger charge is 2.36. The molecule has 0 aromatic heterocycles. The lowest BCUT2D eigenvalue weighted by molar-refractivity contribution is -0.143. The average molecular weight is 238 g/mol. The minimum atomic E-state index is -0.889. The second kappa shape index (κ2) is 6.63. The van der Waals surface area contributed by atoms with Crippen molar-refractivity contribution in [2.24, 2.45) is 5.73 Å². The van der Waals surface area contributed by atoms with E-state index in [9.17, 15) is 9.59 Å². The van der Waals surface area contributed by atoms with Crippen LogP contribution in [0.1, 0.15) is 32.6 Å². The Morgan fingerprint density at radius 1 is 1.47 bits per heavy atom. The molecule has 1 aliphatic carbocycles. The van der Waals surface area contributed by atoms with Gasteiger partial charge in [0.1, 0.15) is 5.54 Å². The number of hydrogen-bond donors (Lipinski definition) is 2. The molecule has 0 radical (unpaired) electrons. The van der Waals surface area contributed by atoms with Crippen LogP contribution in [0.25, 0.3) is 0 Å². The van der Waals surface area contributed by atoms with Crippen LogP contribution in [0.2, 0.25) is 0 Å². The van der Waals surface area contributed by atoms with Gasteiger partial charge in [0.25, 0.3) is 0 Å². The Labute approximate surface area is 93.5 Å². The molecule has 0 atom stereocenters. The first-order valence-corrected chi connectivity index (χ1v) is 5.14. The van der Waals surface area contributed by atoms with Crippen molar-refractivity contribution < 1.29 is 19.4 Å². The van der Waals surface area contributed by atoms with Gasteiger partial charge in [0.2, 0.25) is 0 Å². The van der Waals surface area contributed by atoms with Gasteiger partial charge in [0, 0.05) is 11.6 Å². The molecule has 15 heavy (non-hydrogen) atoms. The molecule has 88 valence electrons. The summed E-state index contributed by atoms with van der Waals surface area (Å²) in [5, 5.41) is 8.55. The van der Waals surface area contributed by atoms with Crippen LogP contribution in [0.5, 0.6) is 0 Å². The summed E-state index contributed by atoms with van der Waals surface area (Å²) in [6.07, 6.45) is 3.20. The summed E-state index contributed by atoms with van der Waals surface area (Å²) >= 11 is 4.72. The molecule has 0 amide bonds. The Kier molecular flexibility index (Phi) is 6.27. The van der Waals surface area contributed by atoms with E-state index in [0.717, 1.165) is 12.8 Å². The number of carboxylic acid groups (broad SMARTS) is 1. The van der Waals surface area contributed by atoms with E-state index >= 15 is 0 Å². The molecule has 0 spiro atoms. The molecular formula is C9H16ClNO4. The van der Waals surface area contributed by atoms with Crippen molar-refractivity contribution in [3.63, 3.8) is 0 Å². The molecule has 0 heterocycles. The second-order valence-corrected chi connectivity index (χ2v) is 3.65. The summed E-state index contributed by atoms with van der Waals surface area (Å²) in [4.78, 5) is 20.0. The Bertz CT molecular complexity index is 226. The van der Waals surface area contributed by atoms with Crippen LogP contribution < -0.4 is 5.73 Å². The number of nitrogens with two attached hydrogens (primary N) is 1. The van der Waals surface area contributed by atoms with Gasteiger partial charge < -0.3 is 15.6 Å². The van der Waals surface area contributed by atoms with Gasteiger partial charge in [-0.3, -0.25) is 4.79 Å². The number of carbonyl (C=O) groups excluding carboxylic acids is 1. The molecule has 0 bridgehead atoms. The number of hydrogen-bond acceptors (Lipinski definition) is 4. The zero-order chi connectivity index (χ0) is 11.9. The van der Waals surface area contributed by atoms with Crippen molar-refractivity contribution >= 4 is 23.0 Å². The molecule has 0 saturated heterocycles. The maximum absolute atomic E-state index is 10.4. The van der Waals surface area contributed by atoms with Crippen molar-refractivity contribution in [1.82, 2.24) is 0 Å². The largest absolute Gasteiger partial charge is 0.480 e. The molecule has 0 aromatic carbocycles. The van der Waals surface area contributed by atoms with E-state index in [1.807, 2.05) is 0 Å². The maximum Gasteiger partial charge on any atom is 0.403 e. The van der Waals surface area contributed by atoms with Crippen LogP contribution in [-0.4, -0.2) is 28.7 Å². The van der Waals surface area contributed by atoms with E-state index in [1.165, 1.54) is 0 Å². The number of carboxylic acids is 1. The molecule has 0 unspecified atom stereocenters. The van der Waals surface area contributed by atoms with E-state index in [2.05, 4.69) is 4.74 Å². The highest BCUT2D eigenvalue weighted by Crippen LogP contribution is 2.26. The van der Waals surface area contributed by atoms with Crippen molar-refractivity contribution in [2.75, 3.05) is 6.61 Å². The van der Waals surface area contributed by atoms with E-state index in [1.54, 1.807) is 6.92 Å². The maximum atomic E-state index is 10.4. The summed E-state index contributed by atoms with van der Waals surface area (Å²) in [5.74, 6) is -0.847. The molecule has 6 heteroatoms. The Morgan fingerprint density at radius 2 is 1.93 bits per heavy atom. The van der Waals surface area contributed by atoms with Gasteiger partial charge in [-0.05, 0) is 19.8 Å². The Hall–Kier alpha value is -0.810. The molecule has 1 aliphatic rings. The first kappa shape index (κ1) is 14.2. The highest BCUT2D eigenvalue weighted by molar-refractivity contribution is 6.61. The smallest absolute Gasteiger partial charge is 0.403 e. The van der Waals surface area contributed by atoms with Gasteiger partial charge in [-0.15, -0.1) is 0 Å². The van der Waals surface area contributed by atoms with E-state index in [0.29, 0.717) is 19.4 Å². The lowest BCUT2D eigenvalue weighted by atomic mass is 10.0. The second-order valence-electron chi connectivity index (χ2n) is 3.34. The van der Waals surface area contributed by atoms with Gasteiger partial charge in [0.15, 0.2) is 0 Å². The number of halogens is 1. The van der Waals surface area contributed by atoms with E-state index in [-0.39, 0.29) is 0 Å². The summed E-state index contributed by atoms with van der Waals surface area (Å²) in [6.45, 7) is 2.04. The summed E-state index contributed by atoms with van der Waals surface area (Å²) in [7, 11) is 0. The molecule has 3 N–H and O–H groups in total. The lowest BCUT2D eigenvalue weighted by Crippen LogP contribution is -2.44. The van der Waals surface area contributed by atoms with Crippen LogP contribution >= 0.6 is 11.6 Å². The predicted molar refractivity (Wildman–Crippen MR) is 55.9 cm³/mol. The molecule has 5 nitrogen and oxygen atoms in total. The van der Waals surface area contributed by atoms with Crippen LogP contribution in [0, 0.1) is 0 Å². The first-order chi connectivity index (χ1) is 6.92. The van der Waals surface area contributed by atoms with Gasteiger partial charge in [-0.1, -0.05) is 12.8 Å². The fraction of sp³-hybridized carbons (Fsp3) is 0.778. The Balaban J connectivity index is 0.000000288. The third kappa shape index (κ3) is 5.59. The molecule has 1 saturated carbocycles. The molecule has 1 rings (SSSR count). The van der Waals surface area contributed by atoms with E-state index < -0.39 is 16.9 Å². The number of rotatable bonds is 2. The van der Waals surface area contributed by atoms with E-state index in [4.69, 9.17) is 22.4 Å². The molecule has 0 aromatic rings. The van der Waals surface area contributed by atoms with Crippen LogP contribution in [0.15, 0.2) is 0 Å². The number of ether oxygens (including phenoxy) is 1. The predicted octanol–water partition coefficient (Wildman–Crippen LogP) is 1.72. The third-order valence-corrected chi connectivity index (χ3v) is 2.29. The van der Waals surface area contributed by atoms with Crippen molar-refractivity contribution in [3.8, 4) is 0 Å². The number of aliphatic carboxylic acids is 1. The SMILES string of the molecule is CCOC(=O)Cl.NC1(C(=O)O)CCCC1. The highest BCUT2D eigenvalue weighted by atomic mass is 35.5. The van der Waals surface area contributed by atoms with Gasteiger partial charge >= 0.3 is 11.4 Å². The molecular weight excluding hydrogens is 222 g/mol. The summed E-state index contributed by atoms with van der Waals surface area (Å²) in [6, 6.07) is 0. The zero-order valence-electron chi connectivity index (χ0n) is 8.66. The monoisotopic (exact) mass is 237 g/mol. The summed E-state index contributed by atoms with van der Waals surface area (Å²) < 4.78 is 4.17. The Morgan fingerprint density at radius 3 is 2.07 bits per heavy atom. The first-order valence-electron chi connectivity index (χ1n) is 4.77. The quantitative estimate of drug-likeness (QED) is 0.714. The van der Waals surface area contributed by atoms with Gasteiger partial charge in [-0.25, -0.2) is 4.79 Å². The normalized spacial score (nSPS) is 17.5. The lowest BCUT2D eigenvalue weighted by Gasteiger charge is -2.15. The van der Waals surface area contributed by atoms with Gasteiger partial charge in [-0.2, -0.15) is 0 Å². The third-order valence-electron chi connectivity index (χ3n) is 2.18. The van der Waals surface area contributed by atoms with Crippen LogP contribution in [-0.2, 0) is 9.53 Å². The van der Waals surface area contributed by atoms with Crippen molar-refractivity contribution in [1.29, 1.82) is 0 Å². The number of carbonyl (C=O) groups is 2. The molecule has 0 aliphatic heterocycles. The molecule has 1 fully saturated rings.